The van der Waals surface area contributed by atoms with Crippen LogP contribution in [0.25, 0.3) is 0 Å². The van der Waals surface area contributed by atoms with E-state index in [2.05, 4.69) is 5.32 Å². The molecular formula is C12H16N2O4. The van der Waals surface area contributed by atoms with E-state index in [-0.39, 0.29) is 0 Å². The number of hydrogen-bond donors (Lipinski definition) is 3. The number of nitrogens with one attached hydrogen (secondary N) is 1. The van der Waals surface area contributed by atoms with Crippen molar-refractivity contribution in [2.75, 3.05) is 13.7 Å². The number of amides is 2. The van der Waals surface area contributed by atoms with Crippen molar-refractivity contribution in [2.45, 2.75) is 12.6 Å². The Morgan fingerprint density at radius 1 is 1.33 bits per heavy atom. The van der Waals surface area contributed by atoms with Crippen molar-refractivity contribution < 1.29 is 19.8 Å². The van der Waals surface area contributed by atoms with Crippen molar-refractivity contribution in [1.82, 2.24) is 10.2 Å². The van der Waals surface area contributed by atoms with Gasteiger partial charge in [-0.1, -0.05) is 30.3 Å². The second-order valence-corrected chi connectivity index (χ2v) is 3.86. The van der Waals surface area contributed by atoms with Gasteiger partial charge in [0.15, 0.2) is 6.04 Å². The number of urea groups is 1. The Bertz CT molecular complexity index is 408. The number of carbonyl (C=O) groups is 2. The van der Waals surface area contributed by atoms with Crippen molar-refractivity contribution >= 4 is 12.0 Å². The normalized spacial score (nSPS) is 11.7. The molecule has 0 heterocycles. The summed E-state index contributed by atoms with van der Waals surface area (Å²) in [6.45, 7) is -0.273. The number of aliphatic hydroxyl groups is 1. The first-order valence-corrected chi connectivity index (χ1v) is 5.43. The van der Waals surface area contributed by atoms with E-state index in [4.69, 9.17) is 10.2 Å². The average Bonchev–Trinajstić information content (AvgIpc) is 2.36. The quantitative estimate of drug-likeness (QED) is 0.701. The fourth-order valence-corrected chi connectivity index (χ4v) is 1.37. The molecule has 0 saturated carbocycles. The molecule has 6 heteroatoms. The van der Waals surface area contributed by atoms with Crippen molar-refractivity contribution in [3.05, 3.63) is 35.9 Å². The molecular weight excluding hydrogens is 236 g/mol. The summed E-state index contributed by atoms with van der Waals surface area (Å²) in [5.74, 6) is -1.26. The maximum absolute atomic E-state index is 11.7. The second kappa shape index (κ2) is 6.61. The highest BCUT2D eigenvalue weighted by atomic mass is 16.4. The lowest BCUT2D eigenvalue weighted by molar-refractivity contribution is -0.140. The molecule has 0 aliphatic carbocycles. The number of rotatable bonds is 5. The SMILES string of the molecule is CN(Cc1ccccc1)C(=O)NC(CO)C(=O)O. The molecule has 1 aromatic carbocycles. The predicted molar refractivity (Wildman–Crippen MR) is 65.0 cm³/mol. The maximum atomic E-state index is 11.7. The number of aliphatic carboxylic acids is 1. The summed E-state index contributed by atoms with van der Waals surface area (Å²) in [4.78, 5) is 23.7. The van der Waals surface area contributed by atoms with Gasteiger partial charge in [-0.05, 0) is 5.56 Å². The van der Waals surface area contributed by atoms with Gasteiger partial charge in [0.05, 0.1) is 6.61 Å². The highest BCUT2D eigenvalue weighted by molar-refractivity contribution is 5.82. The van der Waals surface area contributed by atoms with Crippen LogP contribution in [0.1, 0.15) is 5.56 Å². The fourth-order valence-electron chi connectivity index (χ4n) is 1.37. The van der Waals surface area contributed by atoms with E-state index >= 15 is 0 Å². The molecule has 0 spiro atoms. The summed E-state index contributed by atoms with van der Waals surface area (Å²) >= 11 is 0. The van der Waals surface area contributed by atoms with Gasteiger partial charge in [-0.3, -0.25) is 0 Å². The molecule has 1 atom stereocenters. The lowest BCUT2D eigenvalue weighted by atomic mass is 10.2. The van der Waals surface area contributed by atoms with E-state index in [0.717, 1.165) is 5.56 Å². The van der Waals surface area contributed by atoms with Crippen molar-refractivity contribution in [3.63, 3.8) is 0 Å². The molecule has 98 valence electrons. The van der Waals surface area contributed by atoms with Crippen LogP contribution in [0.3, 0.4) is 0 Å². The van der Waals surface area contributed by atoms with Gasteiger partial charge in [0, 0.05) is 13.6 Å². The number of carboxylic acid groups (broad SMARTS) is 1. The molecule has 0 fully saturated rings. The maximum Gasteiger partial charge on any atom is 0.328 e. The summed E-state index contributed by atoms with van der Waals surface area (Å²) in [6, 6.07) is 7.49. The molecule has 2 amide bonds. The highest BCUT2D eigenvalue weighted by Gasteiger charge is 2.20. The number of benzene rings is 1. The van der Waals surface area contributed by atoms with E-state index in [9.17, 15) is 9.59 Å². The van der Waals surface area contributed by atoms with E-state index < -0.39 is 24.6 Å². The van der Waals surface area contributed by atoms with Crippen LogP contribution in [0.2, 0.25) is 0 Å². The van der Waals surface area contributed by atoms with Crippen LogP contribution in [0.5, 0.6) is 0 Å². The van der Waals surface area contributed by atoms with Gasteiger partial charge < -0.3 is 20.4 Å². The predicted octanol–water partition coefficient (Wildman–Crippen LogP) is 0.274. The Labute approximate surface area is 105 Å². The summed E-state index contributed by atoms with van der Waals surface area (Å²) in [5, 5.41) is 19.7. The number of carbonyl (C=O) groups excluding carboxylic acids is 1. The topological polar surface area (TPSA) is 89.9 Å². The van der Waals surface area contributed by atoms with Gasteiger partial charge in [-0.15, -0.1) is 0 Å². The third-order valence-corrected chi connectivity index (χ3v) is 2.39. The van der Waals surface area contributed by atoms with Crippen LogP contribution < -0.4 is 5.32 Å². The average molecular weight is 252 g/mol. The van der Waals surface area contributed by atoms with Crippen molar-refractivity contribution in [1.29, 1.82) is 0 Å². The Morgan fingerprint density at radius 2 is 1.94 bits per heavy atom. The number of hydrogen-bond acceptors (Lipinski definition) is 3. The lowest BCUT2D eigenvalue weighted by Gasteiger charge is -2.20. The summed E-state index contributed by atoms with van der Waals surface area (Å²) in [7, 11) is 1.55. The Balaban J connectivity index is 2.54. The third-order valence-electron chi connectivity index (χ3n) is 2.39. The monoisotopic (exact) mass is 252 g/mol. The second-order valence-electron chi connectivity index (χ2n) is 3.86. The number of aliphatic hydroxyl groups excluding tert-OH is 1. The molecule has 0 bridgehead atoms. The zero-order valence-electron chi connectivity index (χ0n) is 10.0. The van der Waals surface area contributed by atoms with Gasteiger partial charge >= 0.3 is 12.0 Å². The minimum Gasteiger partial charge on any atom is -0.480 e. The Kier molecular flexibility index (Phi) is 5.13. The van der Waals surface area contributed by atoms with Gasteiger partial charge in [0.1, 0.15) is 0 Å². The zero-order chi connectivity index (χ0) is 13.5. The molecule has 0 radical (unpaired) electrons. The van der Waals surface area contributed by atoms with Crippen molar-refractivity contribution in [3.8, 4) is 0 Å². The Hall–Kier alpha value is -2.08. The van der Waals surface area contributed by atoms with E-state index in [1.165, 1.54) is 4.90 Å². The fraction of sp³-hybridized carbons (Fsp3) is 0.333. The minimum absolute atomic E-state index is 0.366. The van der Waals surface area contributed by atoms with Crippen LogP contribution in [0.15, 0.2) is 30.3 Å². The van der Waals surface area contributed by atoms with Crippen LogP contribution in [-0.4, -0.2) is 46.8 Å². The van der Waals surface area contributed by atoms with Gasteiger partial charge in [-0.2, -0.15) is 0 Å². The summed E-state index contributed by atoms with van der Waals surface area (Å²) in [5.41, 5.74) is 0.936. The lowest BCUT2D eigenvalue weighted by Crippen LogP contribution is -2.48. The first kappa shape index (κ1) is 14.0. The molecule has 3 N–H and O–H groups in total. The number of carboxylic acids is 1. The van der Waals surface area contributed by atoms with Gasteiger partial charge in [0.2, 0.25) is 0 Å². The molecule has 1 aromatic rings. The molecule has 0 aliphatic rings. The minimum atomic E-state index is -1.28. The molecule has 0 aromatic heterocycles. The standard InChI is InChI=1S/C12H16N2O4/c1-14(7-9-5-3-2-4-6-9)12(18)13-10(8-15)11(16)17/h2-6,10,15H,7-8H2,1H3,(H,13,18)(H,16,17). The van der Waals surface area contributed by atoms with Crippen LogP contribution in [0, 0.1) is 0 Å². The van der Waals surface area contributed by atoms with Crippen LogP contribution >= 0.6 is 0 Å². The molecule has 0 aliphatic heterocycles. The van der Waals surface area contributed by atoms with Crippen LogP contribution in [0.4, 0.5) is 4.79 Å². The largest absolute Gasteiger partial charge is 0.480 e. The van der Waals surface area contributed by atoms with E-state index in [0.29, 0.717) is 6.54 Å². The first-order chi connectivity index (χ1) is 8.54. The molecule has 6 nitrogen and oxygen atoms in total. The highest BCUT2D eigenvalue weighted by Crippen LogP contribution is 2.02. The zero-order valence-corrected chi connectivity index (χ0v) is 10.0. The molecule has 0 saturated heterocycles. The van der Waals surface area contributed by atoms with E-state index in [1.54, 1.807) is 7.05 Å². The smallest absolute Gasteiger partial charge is 0.328 e. The number of nitrogens with zero attached hydrogens (tertiary/aromatic N) is 1. The first-order valence-electron chi connectivity index (χ1n) is 5.43. The molecule has 1 unspecified atom stereocenters. The summed E-state index contributed by atoms with van der Waals surface area (Å²) < 4.78 is 0. The van der Waals surface area contributed by atoms with Gasteiger partial charge in [0.25, 0.3) is 0 Å². The van der Waals surface area contributed by atoms with Crippen LogP contribution in [-0.2, 0) is 11.3 Å². The summed E-state index contributed by atoms with van der Waals surface area (Å²) in [6.07, 6.45) is 0. The van der Waals surface area contributed by atoms with Crippen molar-refractivity contribution in [2.24, 2.45) is 0 Å². The van der Waals surface area contributed by atoms with E-state index in [1.807, 2.05) is 30.3 Å². The Morgan fingerprint density at radius 3 is 2.44 bits per heavy atom. The van der Waals surface area contributed by atoms with Gasteiger partial charge in [-0.25, -0.2) is 9.59 Å². The molecule has 1 rings (SSSR count). The third kappa shape index (κ3) is 4.06. The molecule has 18 heavy (non-hydrogen) atoms.